The first kappa shape index (κ1) is 13.8. The molecule has 3 heteroatoms. The summed E-state index contributed by atoms with van der Waals surface area (Å²) in [5.41, 5.74) is 2.38. The number of aryl methyl sites for hydroxylation is 2. The van der Waals surface area contributed by atoms with Crippen LogP contribution in [0.15, 0.2) is 6.07 Å². The molecular formula is C14H23N3. The van der Waals surface area contributed by atoms with Gasteiger partial charge in [0.15, 0.2) is 0 Å². The molecule has 1 N–H and O–H groups in total. The summed E-state index contributed by atoms with van der Waals surface area (Å²) in [6.07, 6.45) is 2.96. The van der Waals surface area contributed by atoms with Gasteiger partial charge in [-0.2, -0.15) is 5.10 Å². The summed E-state index contributed by atoms with van der Waals surface area (Å²) in [6, 6.07) is 2.48. The molecule has 94 valence electrons. The van der Waals surface area contributed by atoms with Crippen molar-refractivity contribution in [2.45, 2.75) is 46.1 Å². The van der Waals surface area contributed by atoms with Gasteiger partial charge in [0, 0.05) is 13.5 Å². The highest BCUT2D eigenvalue weighted by Gasteiger charge is 2.14. The van der Waals surface area contributed by atoms with Crippen molar-refractivity contribution in [3.63, 3.8) is 0 Å². The molecule has 1 heterocycles. The van der Waals surface area contributed by atoms with Gasteiger partial charge in [0.25, 0.3) is 0 Å². The molecule has 0 aliphatic carbocycles. The third-order valence-corrected chi connectivity index (χ3v) is 2.81. The number of nitrogens with zero attached hydrogens (tertiary/aromatic N) is 2. The molecule has 0 saturated carbocycles. The van der Waals surface area contributed by atoms with E-state index in [-0.39, 0.29) is 0 Å². The van der Waals surface area contributed by atoms with Crippen molar-refractivity contribution in [2.24, 2.45) is 7.05 Å². The summed E-state index contributed by atoms with van der Waals surface area (Å²) >= 11 is 0. The van der Waals surface area contributed by atoms with Crippen LogP contribution >= 0.6 is 0 Å². The van der Waals surface area contributed by atoms with Crippen LogP contribution in [0, 0.1) is 11.8 Å². The van der Waals surface area contributed by atoms with Crippen LogP contribution in [0.5, 0.6) is 0 Å². The fourth-order valence-electron chi connectivity index (χ4n) is 1.85. The van der Waals surface area contributed by atoms with E-state index < -0.39 is 0 Å². The van der Waals surface area contributed by atoms with Crippen molar-refractivity contribution in [1.82, 2.24) is 15.1 Å². The van der Waals surface area contributed by atoms with Gasteiger partial charge >= 0.3 is 0 Å². The third-order valence-electron chi connectivity index (χ3n) is 2.81. The Morgan fingerprint density at radius 2 is 2.24 bits per heavy atom. The molecule has 1 unspecified atom stereocenters. The minimum atomic E-state index is 0.292. The summed E-state index contributed by atoms with van der Waals surface area (Å²) < 4.78 is 1.98. The average Bonchev–Trinajstić information content (AvgIpc) is 2.71. The van der Waals surface area contributed by atoms with Crippen LogP contribution in [0.1, 0.15) is 51.0 Å². The van der Waals surface area contributed by atoms with Crippen molar-refractivity contribution < 1.29 is 0 Å². The molecule has 0 aliphatic rings. The maximum Gasteiger partial charge on any atom is 0.0625 e. The van der Waals surface area contributed by atoms with E-state index in [0.29, 0.717) is 6.04 Å². The highest BCUT2D eigenvalue weighted by atomic mass is 15.3. The van der Waals surface area contributed by atoms with E-state index in [0.717, 1.165) is 31.5 Å². The summed E-state index contributed by atoms with van der Waals surface area (Å²) in [7, 11) is 2.01. The van der Waals surface area contributed by atoms with Gasteiger partial charge in [-0.05, 0) is 32.4 Å². The predicted molar refractivity (Wildman–Crippen MR) is 71.7 cm³/mol. The Labute approximate surface area is 105 Å². The first-order valence-electron chi connectivity index (χ1n) is 6.38. The molecule has 0 amide bonds. The van der Waals surface area contributed by atoms with Crippen molar-refractivity contribution >= 4 is 0 Å². The molecule has 1 aromatic heterocycles. The number of nitrogens with one attached hydrogen (secondary N) is 1. The van der Waals surface area contributed by atoms with E-state index >= 15 is 0 Å². The lowest BCUT2D eigenvalue weighted by atomic mass is 10.1. The second-order valence-electron chi connectivity index (χ2n) is 4.18. The van der Waals surface area contributed by atoms with Crippen LogP contribution in [0.25, 0.3) is 0 Å². The fraction of sp³-hybridized carbons (Fsp3) is 0.643. The Morgan fingerprint density at radius 3 is 2.76 bits per heavy atom. The standard InChI is InChI=1S/C14H23N3/c1-5-8-9-13(15-10-6-2)14-11-12(7-3)16-17(14)4/h11,13,15H,6-7,9-10H2,1-4H3. The molecule has 0 bridgehead atoms. The zero-order valence-corrected chi connectivity index (χ0v) is 11.4. The molecule has 0 fully saturated rings. The Morgan fingerprint density at radius 1 is 1.47 bits per heavy atom. The van der Waals surface area contributed by atoms with E-state index in [1.165, 1.54) is 5.69 Å². The fourth-order valence-corrected chi connectivity index (χ4v) is 1.85. The lowest BCUT2D eigenvalue weighted by molar-refractivity contribution is 0.504. The lowest BCUT2D eigenvalue weighted by Gasteiger charge is -2.16. The Hall–Kier alpha value is -1.27. The number of hydrogen-bond donors (Lipinski definition) is 1. The second-order valence-corrected chi connectivity index (χ2v) is 4.18. The van der Waals surface area contributed by atoms with Gasteiger partial charge in [-0.3, -0.25) is 4.68 Å². The van der Waals surface area contributed by atoms with E-state index in [9.17, 15) is 0 Å². The Bertz CT molecular complexity index is 395. The smallest absolute Gasteiger partial charge is 0.0625 e. The van der Waals surface area contributed by atoms with E-state index in [4.69, 9.17) is 0 Å². The maximum absolute atomic E-state index is 4.49. The lowest BCUT2D eigenvalue weighted by Crippen LogP contribution is -2.23. The van der Waals surface area contributed by atoms with Gasteiger partial charge in [-0.1, -0.05) is 13.8 Å². The minimum Gasteiger partial charge on any atom is -0.308 e. The van der Waals surface area contributed by atoms with Crippen LogP contribution in [0.4, 0.5) is 0 Å². The summed E-state index contributed by atoms with van der Waals surface area (Å²) in [6.45, 7) is 7.21. The topological polar surface area (TPSA) is 29.9 Å². The Kier molecular flexibility index (Phi) is 5.79. The summed E-state index contributed by atoms with van der Waals surface area (Å²) in [5, 5.41) is 8.03. The second kappa shape index (κ2) is 7.13. The first-order valence-corrected chi connectivity index (χ1v) is 6.38. The van der Waals surface area contributed by atoms with Gasteiger partial charge < -0.3 is 5.32 Å². The quantitative estimate of drug-likeness (QED) is 0.765. The summed E-state index contributed by atoms with van der Waals surface area (Å²) in [5.74, 6) is 6.12. The largest absolute Gasteiger partial charge is 0.308 e. The zero-order valence-electron chi connectivity index (χ0n) is 11.4. The number of hydrogen-bond acceptors (Lipinski definition) is 2. The average molecular weight is 233 g/mol. The molecule has 0 radical (unpaired) electrons. The van der Waals surface area contributed by atoms with Crippen molar-refractivity contribution in [1.29, 1.82) is 0 Å². The number of rotatable bonds is 6. The molecule has 1 atom stereocenters. The van der Waals surface area contributed by atoms with Crippen LogP contribution in [-0.4, -0.2) is 16.3 Å². The van der Waals surface area contributed by atoms with Crippen molar-refractivity contribution in [3.05, 3.63) is 17.5 Å². The van der Waals surface area contributed by atoms with Gasteiger partial charge in [-0.15, -0.1) is 11.8 Å². The molecule has 17 heavy (non-hydrogen) atoms. The highest BCUT2D eigenvalue weighted by molar-refractivity contribution is 5.16. The Balaban J connectivity index is 2.84. The number of aromatic nitrogens is 2. The monoisotopic (exact) mass is 233 g/mol. The van der Waals surface area contributed by atoms with Gasteiger partial charge in [0.05, 0.1) is 17.4 Å². The summed E-state index contributed by atoms with van der Waals surface area (Å²) in [4.78, 5) is 0. The maximum atomic E-state index is 4.49. The van der Waals surface area contributed by atoms with E-state index in [2.05, 4.69) is 42.2 Å². The minimum absolute atomic E-state index is 0.292. The van der Waals surface area contributed by atoms with Crippen molar-refractivity contribution in [2.75, 3.05) is 6.54 Å². The molecule has 0 aliphatic heterocycles. The van der Waals surface area contributed by atoms with Gasteiger partial charge in [-0.25, -0.2) is 0 Å². The van der Waals surface area contributed by atoms with Gasteiger partial charge in [0.1, 0.15) is 0 Å². The van der Waals surface area contributed by atoms with E-state index in [1.807, 2.05) is 18.7 Å². The third kappa shape index (κ3) is 3.90. The normalized spacial score (nSPS) is 12.0. The first-order chi connectivity index (χ1) is 8.22. The molecule has 0 saturated heterocycles. The van der Waals surface area contributed by atoms with Crippen molar-refractivity contribution in [3.8, 4) is 11.8 Å². The zero-order chi connectivity index (χ0) is 12.7. The molecule has 0 aromatic carbocycles. The molecule has 0 spiro atoms. The molecule has 1 aromatic rings. The van der Waals surface area contributed by atoms with Crippen LogP contribution in [0.2, 0.25) is 0 Å². The molecular weight excluding hydrogens is 210 g/mol. The van der Waals surface area contributed by atoms with Crippen LogP contribution in [-0.2, 0) is 13.5 Å². The van der Waals surface area contributed by atoms with E-state index in [1.54, 1.807) is 0 Å². The van der Waals surface area contributed by atoms with Gasteiger partial charge in [0.2, 0.25) is 0 Å². The highest BCUT2D eigenvalue weighted by Crippen LogP contribution is 2.17. The van der Waals surface area contributed by atoms with Crippen LogP contribution in [0.3, 0.4) is 0 Å². The van der Waals surface area contributed by atoms with Crippen LogP contribution < -0.4 is 5.32 Å². The predicted octanol–water partition coefficient (Wildman–Crippen LogP) is 2.44. The molecule has 3 nitrogen and oxygen atoms in total. The molecule has 1 rings (SSSR count). The SMILES string of the molecule is CC#CCC(NCCC)c1cc(CC)nn1C.